The molecule has 7 heteroatoms. The quantitative estimate of drug-likeness (QED) is 0.680. The van der Waals surface area contributed by atoms with Crippen LogP contribution in [0.2, 0.25) is 0 Å². The van der Waals surface area contributed by atoms with Crippen LogP contribution in [0.3, 0.4) is 0 Å². The van der Waals surface area contributed by atoms with Crippen LogP contribution in [0.25, 0.3) is 0 Å². The van der Waals surface area contributed by atoms with Crippen LogP contribution in [0.4, 0.5) is 13.6 Å². The zero-order chi connectivity index (χ0) is 15.1. The van der Waals surface area contributed by atoms with Crippen molar-refractivity contribution in [2.45, 2.75) is 6.10 Å². The van der Waals surface area contributed by atoms with Crippen molar-refractivity contribution in [1.82, 2.24) is 15.5 Å². The molecule has 0 aromatic heterocycles. The lowest BCUT2D eigenvalue weighted by Crippen LogP contribution is -2.39. The molecule has 1 aromatic carbocycles. The van der Waals surface area contributed by atoms with E-state index in [1.807, 2.05) is 0 Å². The maximum Gasteiger partial charge on any atom is 0.316 e. The molecule has 1 rings (SSSR count). The van der Waals surface area contributed by atoms with Crippen LogP contribution in [0.1, 0.15) is 11.7 Å². The third-order valence-electron chi connectivity index (χ3n) is 2.65. The minimum absolute atomic E-state index is 0.183. The zero-order valence-electron chi connectivity index (χ0n) is 11.5. The van der Waals surface area contributed by atoms with Crippen LogP contribution < -0.4 is 10.6 Å². The molecule has 5 nitrogen and oxygen atoms in total. The number of hydrogen-bond acceptors (Lipinski definition) is 3. The summed E-state index contributed by atoms with van der Waals surface area (Å²) in [6, 6.07) is 3.08. The van der Waals surface area contributed by atoms with Gasteiger partial charge in [0.25, 0.3) is 0 Å². The van der Waals surface area contributed by atoms with Gasteiger partial charge in [0.05, 0.1) is 6.10 Å². The Kier molecular flexibility index (Phi) is 6.33. The fourth-order valence-electron chi connectivity index (χ4n) is 1.49. The lowest BCUT2D eigenvalue weighted by atomic mass is 10.1. The van der Waals surface area contributed by atoms with Crippen LogP contribution in [-0.4, -0.2) is 49.8 Å². The van der Waals surface area contributed by atoms with Crippen LogP contribution in [0, 0.1) is 11.6 Å². The Bertz CT molecular complexity index is 455. The summed E-state index contributed by atoms with van der Waals surface area (Å²) >= 11 is 0. The van der Waals surface area contributed by atoms with Crippen molar-refractivity contribution in [1.29, 1.82) is 0 Å². The highest BCUT2D eigenvalue weighted by Gasteiger charge is 2.10. The summed E-state index contributed by atoms with van der Waals surface area (Å²) in [5.41, 5.74) is 0.300. The number of hydrogen-bond donors (Lipinski definition) is 3. The third kappa shape index (κ3) is 5.10. The number of urea groups is 1. The number of aliphatic hydroxyl groups is 1. The minimum Gasteiger partial charge on any atom is -0.387 e. The maximum absolute atomic E-state index is 13.0. The Balaban J connectivity index is 2.28. The van der Waals surface area contributed by atoms with Gasteiger partial charge >= 0.3 is 6.03 Å². The molecule has 112 valence electrons. The third-order valence-corrected chi connectivity index (χ3v) is 2.65. The average Bonchev–Trinajstić information content (AvgIpc) is 2.40. The highest BCUT2D eigenvalue weighted by molar-refractivity contribution is 5.73. The molecule has 3 N–H and O–H groups in total. The Hall–Kier alpha value is -1.73. The lowest BCUT2D eigenvalue weighted by Gasteiger charge is -2.14. The van der Waals surface area contributed by atoms with E-state index in [0.29, 0.717) is 18.7 Å². The van der Waals surface area contributed by atoms with Gasteiger partial charge in [0.15, 0.2) is 11.6 Å². The summed E-state index contributed by atoms with van der Waals surface area (Å²) in [5.74, 6) is -1.93. The van der Waals surface area contributed by atoms with Gasteiger partial charge in [0.1, 0.15) is 0 Å². The van der Waals surface area contributed by atoms with Crippen molar-refractivity contribution in [2.24, 2.45) is 0 Å². The summed E-state index contributed by atoms with van der Waals surface area (Å²) in [6.07, 6.45) is -0.936. The van der Waals surface area contributed by atoms with Gasteiger partial charge in [-0.25, -0.2) is 13.6 Å². The van der Waals surface area contributed by atoms with Crippen molar-refractivity contribution in [3.05, 3.63) is 35.4 Å². The van der Waals surface area contributed by atoms with Crippen molar-refractivity contribution < 1.29 is 18.7 Å². The summed E-state index contributed by atoms with van der Waals surface area (Å²) in [5, 5.41) is 15.3. The number of amides is 2. The molecular weight excluding hydrogens is 268 g/mol. The second-order valence-corrected chi connectivity index (χ2v) is 4.52. The van der Waals surface area contributed by atoms with Crippen LogP contribution in [0.15, 0.2) is 18.2 Å². The molecule has 0 fully saturated rings. The number of benzene rings is 1. The molecule has 0 saturated carbocycles. The van der Waals surface area contributed by atoms with Crippen LogP contribution >= 0.6 is 0 Å². The first-order valence-corrected chi connectivity index (χ1v) is 6.20. The van der Waals surface area contributed by atoms with Gasteiger partial charge in [0, 0.05) is 33.7 Å². The van der Waals surface area contributed by atoms with Crippen LogP contribution in [-0.2, 0) is 0 Å². The molecule has 0 aliphatic rings. The van der Waals surface area contributed by atoms with Gasteiger partial charge in [-0.1, -0.05) is 6.07 Å². The van der Waals surface area contributed by atoms with E-state index in [2.05, 4.69) is 10.6 Å². The van der Waals surface area contributed by atoms with Crippen molar-refractivity contribution in [3.63, 3.8) is 0 Å². The monoisotopic (exact) mass is 287 g/mol. The number of aliphatic hydroxyl groups excluding tert-OH is 1. The summed E-state index contributed by atoms with van der Waals surface area (Å²) < 4.78 is 25.7. The molecule has 0 heterocycles. The molecule has 1 atom stereocenters. The van der Waals surface area contributed by atoms with Gasteiger partial charge in [0.2, 0.25) is 0 Å². The molecule has 0 spiro atoms. The highest BCUT2D eigenvalue weighted by atomic mass is 19.2. The Labute approximate surface area is 116 Å². The van der Waals surface area contributed by atoms with E-state index in [9.17, 15) is 18.7 Å². The highest BCUT2D eigenvalue weighted by Crippen LogP contribution is 2.15. The number of rotatable bonds is 6. The average molecular weight is 287 g/mol. The molecule has 20 heavy (non-hydrogen) atoms. The van der Waals surface area contributed by atoms with Gasteiger partial charge in [-0.3, -0.25) is 0 Å². The van der Waals surface area contributed by atoms with Gasteiger partial charge in [-0.2, -0.15) is 0 Å². The van der Waals surface area contributed by atoms with Crippen molar-refractivity contribution >= 4 is 6.03 Å². The van der Waals surface area contributed by atoms with E-state index >= 15 is 0 Å². The number of halogens is 2. The molecule has 1 aromatic rings. The number of carbonyl (C=O) groups excluding carboxylic acids is 1. The Morgan fingerprint density at radius 3 is 2.60 bits per heavy atom. The van der Waals surface area contributed by atoms with Gasteiger partial charge in [-0.15, -0.1) is 0 Å². The predicted octanol–water partition coefficient (Wildman–Crippen LogP) is 0.859. The molecule has 0 saturated heterocycles. The van der Waals surface area contributed by atoms with E-state index in [1.165, 1.54) is 11.0 Å². The number of nitrogens with zero attached hydrogens (tertiary/aromatic N) is 1. The minimum atomic E-state index is -0.986. The van der Waals surface area contributed by atoms with Gasteiger partial charge < -0.3 is 20.6 Å². The molecule has 0 aliphatic carbocycles. The standard InChI is InChI=1S/C13H19F2N3O2/c1-18(2)13(20)17-6-5-16-8-12(19)9-3-4-10(14)11(15)7-9/h3-4,7,12,16,19H,5-6,8H2,1-2H3,(H,17,20). The Morgan fingerprint density at radius 2 is 2.00 bits per heavy atom. The SMILES string of the molecule is CN(C)C(=O)NCCNCC(O)c1ccc(F)c(F)c1. The smallest absolute Gasteiger partial charge is 0.316 e. The van der Waals surface area contributed by atoms with Crippen molar-refractivity contribution in [2.75, 3.05) is 33.7 Å². The van der Waals surface area contributed by atoms with E-state index in [4.69, 9.17) is 0 Å². The second-order valence-electron chi connectivity index (χ2n) is 4.52. The fraction of sp³-hybridized carbons (Fsp3) is 0.462. The summed E-state index contributed by atoms with van der Waals surface area (Å²) in [7, 11) is 3.27. The number of nitrogens with one attached hydrogen (secondary N) is 2. The summed E-state index contributed by atoms with van der Waals surface area (Å²) in [6.45, 7) is 1.05. The van der Waals surface area contributed by atoms with Gasteiger partial charge in [-0.05, 0) is 17.7 Å². The largest absolute Gasteiger partial charge is 0.387 e. The summed E-state index contributed by atoms with van der Waals surface area (Å²) in [4.78, 5) is 12.6. The zero-order valence-corrected chi connectivity index (χ0v) is 11.5. The predicted molar refractivity (Wildman–Crippen MR) is 71.3 cm³/mol. The maximum atomic E-state index is 13.0. The molecular formula is C13H19F2N3O2. The van der Waals surface area contributed by atoms with Crippen molar-refractivity contribution in [3.8, 4) is 0 Å². The molecule has 1 unspecified atom stereocenters. The first-order chi connectivity index (χ1) is 9.41. The van der Waals surface area contributed by atoms with E-state index < -0.39 is 17.7 Å². The van der Waals surface area contributed by atoms with Crippen LogP contribution in [0.5, 0.6) is 0 Å². The lowest BCUT2D eigenvalue weighted by molar-refractivity contribution is 0.174. The van der Waals surface area contributed by atoms with E-state index in [-0.39, 0.29) is 12.6 Å². The molecule has 0 aliphatic heterocycles. The molecule has 0 radical (unpaired) electrons. The second kappa shape index (κ2) is 7.76. The van der Waals surface area contributed by atoms with E-state index in [1.54, 1.807) is 14.1 Å². The first-order valence-electron chi connectivity index (χ1n) is 6.20. The normalized spacial score (nSPS) is 12.1. The molecule has 0 bridgehead atoms. The topological polar surface area (TPSA) is 64.6 Å². The van der Waals surface area contributed by atoms with E-state index in [0.717, 1.165) is 12.1 Å². The Morgan fingerprint density at radius 1 is 1.30 bits per heavy atom. The fourth-order valence-corrected chi connectivity index (χ4v) is 1.49. The molecule has 2 amide bonds. The number of carbonyl (C=O) groups is 1. The first kappa shape index (κ1) is 16.3.